The van der Waals surface area contributed by atoms with Crippen LogP contribution in [0.1, 0.15) is 38.3 Å². The van der Waals surface area contributed by atoms with Gasteiger partial charge in [0.15, 0.2) is 0 Å². The minimum Gasteiger partial charge on any atom is -0.460 e. The molecule has 0 spiro atoms. The Balaban J connectivity index is 1.90. The second-order valence-corrected chi connectivity index (χ2v) is 5.83. The van der Waals surface area contributed by atoms with Gasteiger partial charge in [0.1, 0.15) is 5.60 Å². The standard InChI is InChI=1S/C15H20O2/c1-15(2,3)17-14(16)10-11-8-12-6-4-5-7-13(12)9-11/h4-7,11H,8-10H2,1-3H3. The average molecular weight is 232 g/mol. The first-order valence-corrected chi connectivity index (χ1v) is 6.23. The van der Waals surface area contributed by atoms with Crippen molar-refractivity contribution in [3.05, 3.63) is 35.4 Å². The molecule has 1 aliphatic carbocycles. The topological polar surface area (TPSA) is 26.3 Å². The molecule has 0 atom stereocenters. The minimum absolute atomic E-state index is 0.0738. The molecule has 0 N–H and O–H groups in total. The number of hydrogen-bond donors (Lipinski definition) is 0. The normalized spacial score (nSPS) is 15.7. The van der Waals surface area contributed by atoms with E-state index in [9.17, 15) is 4.79 Å². The smallest absolute Gasteiger partial charge is 0.306 e. The Labute approximate surface area is 103 Å². The molecule has 0 heterocycles. The van der Waals surface area contributed by atoms with Gasteiger partial charge in [-0.3, -0.25) is 4.79 Å². The van der Waals surface area contributed by atoms with Gasteiger partial charge in [-0.05, 0) is 50.7 Å². The lowest BCUT2D eigenvalue weighted by molar-refractivity contribution is -0.155. The Hall–Kier alpha value is -1.31. The second kappa shape index (κ2) is 4.52. The van der Waals surface area contributed by atoms with E-state index >= 15 is 0 Å². The highest BCUT2D eigenvalue weighted by atomic mass is 16.6. The van der Waals surface area contributed by atoms with Gasteiger partial charge >= 0.3 is 5.97 Å². The van der Waals surface area contributed by atoms with Crippen LogP contribution in [0.25, 0.3) is 0 Å². The summed E-state index contributed by atoms with van der Waals surface area (Å²) in [6.07, 6.45) is 2.55. The molecule has 0 aromatic heterocycles. The molecule has 0 radical (unpaired) electrons. The summed E-state index contributed by atoms with van der Waals surface area (Å²) in [6.45, 7) is 5.73. The Kier molecular flexibility index (Phi) is 3.23. The summed E-state index contributed by atoms with van der Waals surface area (Å²) in [6, 6.07) is 8.44. The van der Waals surface area contributed by atoms with E-state index < -0.39 is 0 Å². The van der Waals surface area contributed by atoms with Crippen LogP contribution in [0, 0.1) is 5.92 Å². The number of ether oxygens (including phenoxy) is 1. The molecule has 92 valence electrons. The summed E-state index contributed by atoms with van der Waals surface area (Å²) in [5, 5.41) is 0. The van der Waals surface area contributed by atoms with Crippen LogP contribution in [0.5, 0.6) is 0 Å². The number of hydrogen-bond acceptors (Lipinski definition) is 2. The van der Waals surface area contributed by atoms with E-state index in [2.05, 4.69) is 24.3 Å². The van der Waals surface area contributed by atoms with Crippen molar-refractivity contribution in [1.82, 2.24) is 0 Å². The van der Waals surface area contributed by atoms with E-state index in [1.165, 1.54) is 11.1 Å². The molecule has 17 heavy (non-hydrogen) atoms. The van der Waals surface area contributed by atoms with Gasteiger partial charge in [0, 0.05) is 6.42 Å². The van der Waals surface area contributed by atoms with Crippen molar-refractivity contribution < 1.29 is 9.53 Å². The van der Waals surface area contributed by atoms with Gasteiger partial charge in [-0.1, -0.05) is 24.3 Å². The minimum atomic E-state index is -0.372. The highest BCUT2D eigenvalue weighted by Crippen LogP contribution is 2.29. The van der Waals surface area contributed by atoms with Gasteiger partial charge in [-0.15, -0.1) is 0 Å². The number of benzene rings is 1. The largest absolute Gasteiger partial charge is 0.460 e. The first kappa shape index (κ1) is 12.2. The summed E-state index contributed by atoms with van der Waals surface area (Å²) in [7, 11) is 0. The maximum atomic E-state index is 11.7. The zero-order valence-electron chi connectivity index (χ0n) is 10.8. The van der Waals surface area contributed by atoms with Crippen LogP contribution in [0.15, 0.2) is 24.3 Å². The molecule has 0 amide bonds. The molecule has 0 saturated carbocycles. The lowest BCUT2D eigenvalue weighted by Crippen LogP contribution is -2.25. The SMILES string of the molecule is CC(C)(C)OC(=O)CC1Cc2ccccc2C1. The molecular formula is C15H20O2. The van der Waals surface area contributed by atoms with Crippen LogP contribution in [0.4, 0.5) is 0 Å². The molecule has 2 nitrogen and oxygen atoms in total. The van der Waals surface area contributed by atoms with Crippen molar-refractivity contribution in [2.75, 3.05) is 0 Å². The van der Waals surface area contributed by atoms with Crippen molar-refractivity contribution in [1.29, 1.82) is 0 Å². The van der Waals surface area contributed by atoms with Crippen molar-refractivity contribution >= 4 is 5.97 Å². The fourth-order valence-electron chi connectivity index (χ4n) is 2.41. The Morgan fingerprint density at radius 1 is 1.24 bits per heavy atom. The highest BCUT2D eigenvalue weighted by molar-refractivity contribution is 5.70. The van der Waals surface area contributed by atoms with E-state index in [-0.39, 0.29) is 11.6 Å². The van der Waals surface area contributed by atoms with E-state index in [0.29, 0.717) is 12.3 Å². The lowest BCUT2D eigenvalue weighted by Gasteiger charge is -2.20. The highest BCUT2D eigenvalue weighted by Gasteiger charge is 2.25. The molecule has 2 rings (SSSR count). The summed E-state index contributed by atoms with van der Waals surface area (Å²) in [4.78, 5) is 11.7. The Morgan fingerprint density at radius 3 is 2.24 bits per heavy atom. The van der Waals surface area contributed by atoms with Crippen LogP contribution in [-0.2, 0) is 22.4 Å². The third kappa shape index (κ3) is 3.32. The predicted molar refractivity (Wildman–Crippen MR) is 67.8 cm³/mol. The van der Waals surface area contributed by atoms with Crippen molar-refractivity contribution in [2.24, 2.45) is 5.92 Å². The summed E-state index contributed by atoms with van der Waals surface area (Å²) in [5.74, 6) is 0.345. The zero-order chi connectivity index (χ0) is 12.5. The maximum Gasteiger partial charge on any atom is 0.306 e. The second-order valence-electron chi connectivity index (χ2n) is 5.83. The number of rotatable bonds is 2. The van der Waals surface area contributed by atoms with Gasteiger partial charge in [-0.25, -0.2) is 0 Å². The first-order valence-electron chi connectivity index (χ1n) is 6.23. The predicted octanol–water partition coefficient (Wildman–Crippen LogP) is 3.13. The molecular weight excluding hydrogens is 212 g/mol. The Bertz CT molecular complexity index is 390. The molecule has 0 aliphatic heterocycles. The molecule has 0 saturated heterocycles. The summed E-state index contributed by atoms with van der Waals surface area (Å²) in [5.41, 5.74) is 2.41. The average Bonchev–Trinajstić information content (AvgIpc) is 2.55. The van der Waals surface area contributed by atoms with Gasteiger partial charge in [-0.2, -0.15) is 0 Å². The molecule has 0 unspecified atom stereocenters. The van der Waals surface area contributed by atoms with E-state index in [4.69, 9.17) is 4.74 Å². The van der Waals surface area contributed by atoms with Gasteiger partial charge in [0.05, 0.1) is 0 Å². The third-order valence-corrected chi connectivity index (χ3v) is 3.01. The summed E-state index contributed by atoms with van der Waals surface area (Å²) < 4.78 is 5.36. The maximum absolute atomic E-state index is 11.7. The monoisotopic (exact) mass is 232 g/mol. The number of esters is 1. The van der Waals surface area contributed by atoms with Gasteiger partial charge in [0.2, 0.25) is 0 Å². The fourth-order valence-corrected chi connectivity index (χ4v) is 2.41. The fraction of sp³-hybridized carbons (Fsp3) is 0.533. The first-order chi connectivity index (χ1) is 7.94. The van der Waals surface area contributed by atoms with Gasteiger partial charge < -0.3 is 4.74 Å². The van der Waals surface area contributed by atoms with Crippen LogP contribution < -0.4 is 0 Å². The van der Waals surface area contributed by atoms with E-state index in [0.717, 1.165) is 12.8 Å². The molecule has 0 bridgehead atoms. The molecule has 1 aromatic carbocycles. The van der Waals surface area contributed by atoms with E-state index in [1.807, 2.05) is 20.8 Å². The summed E-state index contributed by atoms with van der Waals surface area (Å²) >= 11 is 0. The Morgan fingerprint density at radius 2 is 1.76 bits per heavy atom. The third-order valence-electron chi connectivity index (χ3n) is 3.01. The number of carbonyl (C=O) groups excluding carboxylic acids is 1. The number of fused-ring (bicyclic) bond motifs is 1. The quantitative estimate of drug-likeness (QED) is 0.732. The lowest BCUT2D eigenvalue weighted by atomic mass is 10.0. The van der Waals surface area contributed by atoms with Crippen LogP contribution in [0.3, 0.4) is 0 Å². The van der Waals surface area contributed by atoms with E-state index in [1.54, 1.807) is 0 Å². The van der Waals surface area contributed by atoms with Crippen LogP contribution in [0.2, 0.25) is 0 Å². The van der Waals surface area contributed by atoms with Crippen molar-refractivity contribution in [2.45, 2.75) is 45.6 Å². The number of carbonyl (C=O) groups is 1. The van der Waals surface area contributed by atoms with Crippen molar-refractivity contribution in [3.63, 3.8) is 0 Å². The van der Waals surface area contributed by atoms with Crippen molar-refractivity contribution in [3.8, 4) is 0 Å². The molecule has 0 fully saturated rings. The van der Waals surface area contributed by atoms with Gasteiger partial charge in [0.25, 0.3) is 0 Å². The van der Waals surface area contributed by atoms with Crippen LogP contribution >= 0.6 is 0 Å². The molecule has 1 aliphatic rings. The zero-order valence-corrected chi connectivity index (χ0v) is 10.8. The van der Waals surface area contributed by atoms with Crippen LogP contribution in [-0.4, -0.2) is 11.6 Å². The molecule has 2 heteroatoms. The molecule has 1 aromatic rings.